The summed E-state index contributed by atoms with van der Waals surface area (Å²) in [7, 11) is 0. The van der Waals surface area contributed by atoms with Gasteiger partial charge in [-0.2, -0.15) is 0 Å². The molecule has 2 rings (SSSR count). The average Bonchev–Trinajstić information content (AvgIpc) is 2.24. The lowest BCUT2D eigenvalue weighted by Crippen LogP contribution is -2.47. The molecule has 1 aliphatic carbocycles. The topological polar surface area (TPSA) is 18.5 Å². The SMILES string of the molecule is CC1CCCCC1(C)C1COCCO1. The minimum absolute atomic E-state index is 0.339. The van der Waals surface area contributed by atoms with Crippen LogP contribution in [0, 0.1) is 11.3 Å². The first kappa shape index (κ1) is 10.4. The van der Waals surface area contributed by atoms with Crippen LogP contribution >= 0.6 is 0 Å². The van der Waals surface area contributed by atoms with E-state index in [9.17, 15) is 0 Å². The highest BCUT2D eigenvalue weighted by Crippen LogP contribution is 2.45. The van der Waals surface area contributed by atoms with Crippen LogP contribution < -0.4 is 0 Å². The maximum atomic E-state index is 5.87. The zero-order chi connectivity index (χ0) is 10.0. The summed E-state index contributed by atoms with van der Waals surface area (Å²) in [5.41, 5.74) is 0.360. The van der Waals surface area contributed by atoms with Crippen molar-refractivity contribution in [2.24, 2.45) is 11.3 Å². The van der Waals surface area contributed by atoms with Crippen LogP contribution in [0.1, 0.15) is 39.5 Å². The van der Waals surface area contributed by atoms with Gasteiger partial charge in [0.25, 0.3) is 0 Å². The van der Waals surface area contributed by atoms with Crippen molar-refractivity contribution in [3.63, 3.8) is 0 Å². The van der Waals surface area contributed by atoms with E-state index in [1.807, 2.05) is 0 Å². The Balaban J connectivity index is 2.03. The van der Waals surface area contributed by atoms with Crippen LogP contribution in [0.4, 0.5) is 0 Å². The maximum absolute atomic E-state index is 5.87. The van der Waals surface area contributed by atoms with Crippen molar-refractivity contribution >= 4 is 0 Å². The number of ether oxygens (including phenoxy) is 2. The van der Waals surface area contributed by atoms with Crippen LogP contribution in [0.15, 0.2) is 0 Å². The molecule has 0 aromatic heterocycles. The highest BCUT2D eigenvalue weighted by molar-refractivity contribution is 4.91. The van der Waals surface area contributed by atoms with Crippen molar-refractivity contribution in [1.29, 1.82) is 0 Å². The van der Waals surface area contributed by atoms with E-state index in [0.29, 0.717) is 11.5 Å². The lowest BCUT2D eigenvalue weighted by Gasteiger charge is -2.46. The number of hydrogen-bond donors (Lipinski definition) is 0. The molecule has 1 heterocycles. The molecule has 0 spiro atoms. The fourth-order valence-corrected chi connectivity index (χ4v) is 2.88. The molecule has 14 heavy (non-hydrogen) atoms. The molecule has 0 aromatic carbocycles. The first-order valence-corrected chi connectivity index (χ1v) is 5.93. The summed E-state index contributed by atoms with van der Waals surface area (Å²) in [5, 5.41) is 0. The van der Waals surface area contributed by atoms with Crippen molar-refractivity contribution in [3.05, 3.63) is 0 Å². The van der Waals surface area contributed by atoms with Gasteiger partial charge in [0.15, 0.2) is 0 Å². The Labute approximate surface area is 87.0 Å². The Morgan fingerprint density at radius 1 is 1.21 bits per heavy atom. The molecular weight excluding hydrogens is 176 g/mol. The van der Waals surface area contributed by atoms with Crippen molar-refractivity contribution in [2.45, 2.75) is 45.6 Å². The second-order valence-electron chi connectivity index (χ2n) is 5.09. The quantitative estimate of drug-likeness (QED) is 0.645. The molecule has 0 radical (unpaired) electrons. The smallest absolute Gasteiger partial charge is 0.0865 e. The summed E-state index contributed by atoms with van der Waals surface area (Å²) in [6.07, 6.45) is 5.76. The van der Waals surface area contributed by atoms with E-state index in [2.05, 4.69) is 13.8 Å². The van der Waals surface area contributed by atoms with Crippen LogP contribution in [0.2, 0.25) is 0 Å². The van der Waals surface area contributed by atoms with Crippen LogP contribution in [0.3, 0.4) is 0 Å². The summed E-state index contributed by atoms with van der Waals surface area (Å²) in [5.74, 6) is 0.781. The van der Waals surface area contributed by atoms with Crippen molar-refractivity contribution in [3.8, 4) is 0 Å². The Kier molecular flexibility index (Phi) is 3.13. The van der Waals surface area contributed by atoms with Crippen LogP contribution in [0.5, 0.6) is 0 Å². The van der Waals surface area contributed by atoms with Gasteiger partial charge >= 0.3 is 0 Å². The predicted molar refractivity (Wildman–Crippen MR) is 56.3 cm³/mol. The zero-order valence-electron chi connectivity index (χ0n) is 9.42. The zero-order valence-corrected chi connectivity index (χ0v) is 9.42. The third-order valence-electron chi connectivity index (χ3n) is 4.28. The van der Waals surface area contributed by atoms with E-state index >= 15 is 0 Å². The van der Waals surface area contributed by atoms with Crippen LogP contribution in [-0.2, 0) is 9.47 Å². The number of rotatable bonds is 1. The third-order valence-corrected chi connectivity index (χ3v) is 4.28. The molecule has 2 fully saturated rings. The average molecular weight is 198 g/mol. The highest BCUT2D eigenvalue weighted by Gasteiger charge is 2.42. The molecule has 3 atom stereocenters. The van der Waals surface area contributed by atoms with Crippen molar-refractivity contribution in [2.75, 3.05) is 19.8 Å². The molecular formula is C12H22O2. The summed E-state index contributed by atoms with van der Waals surface area (Å²) in [4.78, 5) is 0. The van der Waals surface area contributed by atoms with Gasteiger partial charge in [0.1, 0.15) is 0 Å². The lowest BCUT2D eigenvalue weighted by molar-refractivity contribution is -0.157. The van der Waals surface area contributed by atoms with Crippen molar-refractivity contribution in [1.82, 2.24) is 0 Å². The van der Waals surface area contributed by atoms with Gasteiger partial charge in [0.05, 0.1) is 25.9 Å². The molecule has 2 heteroatoms. The molecule has 0 N–H and O–H groups in total. The summed E-state index contributed by atoms with van der Waals surface area (Å²) in [6, 6.07) is 0. The monoisotopic (exact) mass is 198 g/mol. The van der Waals surface area contributed by atoms with Crippen LogP contribution in [-0.4, -0.2) is 25.9 Å². The molecule has 2 nitrogen and oxygen atoms in total. The van der Waals surface area contributed by atoms with Crippen molar-refractivity contribution < 1.29 is 9.47 Å². The normalized spacial score (nSPS) is 45.0. The minimum atomic E-state index is 0.339. The second-order valence-corrected chi connectivity index (χ2v) is 5.09. The van der Waals surface area contributed by atoms with E-state index in [-0.39, 0.29) is 0 Å². The second kappa shape index (κ2) is 4.19. The predicted octanol–water partition coefficient (Wildman–Crippen LogP) is 2.62. The molecule has 1 aliphatic heterocycles. The summed E-state index contributed by atoms with van der Waals surface area (Å²) >= 11 is 0. The summed E-state index contributed by atoms with van der Waals surface area (Å²) < 4.78 is 11.4. The molecule has 3 unspecified atom stereocenters. The van der Waals surface area contributed by atoms with Gasteiger partial charge in [-0.25, -0.2) is 0 Å². The Morgan fingerprint density at radius 2 is 2.07 bits per heavy atom. The molecule has 1 saturated carbocycles. The van der Waals surface area contributed by atoms with Gasteiger partial charge < -0.3 is 9.47 Å². The van der Waals surface area contributed by atoms with Gasteiger partial charge in [-0.05, 0) is 17.8 Å². The van der Waals surface area contributed by atoms with Gasteiger partial charge in [-0.3, -0.25) is 0 Å². The standard InChI is InChI=1S/C12H22O2/c1-10-5-3-4-6-12(10,2)11-9-13-7-8-14-11/h10-11H,3-9H2,1-2H3. The Morgan fingerprint density at radius 3 is 2.71 bits per heavy atom. The Hall–Kier alpha value is -0.0800. The van der Waals surface area contributed by atoms with E-state index < -0.39 is 0 Å². The lowest BCUT2D eigenvalue weighted by atomic mass is 9.65. The fourth-order valence-electron chi connectivity index (χ4n) is 2.88. The molecule has 0 aromatic rings. The van der Waals surface area contributed by atoms with E-state index in [1.54, 1.807) is 0 Å². The largest absolute Gasteiger partial charge is 0.376 e. The first-order chi connectivity index (χ1) is 6.73. The highest BCUT2D eigenvalue weighted by atomic mass is 16.6. The van der Waals surface area contributed by atoms with Crippen LogP contribution in [0.25, 0.3) is 0 Å². The van der Waals surface area contributed by atoms with E-state index in [0.717, 1.165) is 25.7 Å². The van der Waals surface area contributed by atoms with Gasteiger partial charge in [0.2, 0.25) is 0 Å². The maximum Gasteiger partial charge on any atom is 0.0865 e. The third kappa shape index (κ3) is 1.82. The summed E-state index contributed by atoms with van der Waals surface area (Å²) in [6.45, 7) is 7.13. The minimum Gasteiger partial charge on any atom is -0.376 e. The van der Waals surface area contributed by atoms with E-state index in [1.165, 1.54) is 25.7 Å². The molecule has 2 aliphatic rings. The molecule has 0 bridgehead atoms. The first-order valence-electron chi connectivity index (χ1n) is 5.93. The van der Waals surface area contributed by atoms with E-state index in [4.69, 9.17) is 9.47 Å². The Bertz CT molecular complexity index is 187. The fraction of sp³-hybridized carbons (Fsp3) is 1.00. The van der Waals surface area contributed by atoms with Gasteiger partial charge in [0, 0.05) is 0 Å². The molecule has 82 valence electrons. The van der Waals surface area contributed by atoms with Gasteiger partial charge in [-0.15, -0.1) is 0 Å². The number of hydrogen-bond acceptors (Lipinski definition) is 2. The molecule has 0 amide bonds. The van der Waals surface area contributed by atoms with Gasteiger partial charge in [-0.1, -0.05) is 33.1 Å². The molecule has 1 saturated heterocycles.